The van der Waals surface area contributed by atoms with Crippen molar-refractivity contribution in [3.05, 3.63) is 29.8 Å². The smallest absolute Gasteiger partial charge is 0.407 e. The number of hydrogen-bond acceptors (Lipinski definition) is 3. The Morgan fingerprint density at radius 1 is 1.21 bits per heavy atom. The molecular formula is C22H36N2O3S. The van der Waals surface area contributed by atoms with Crippen molar-refractivity contribution in [2.75, 3.05) is 17.0 Å². The number of aryl methyl sites for hydroxylation is 1. The summed E-state index contributed by atoms with van der Waals surface area (Å²) in [5.74, 6) is 1.47. The van der Waals surface area contributed by atoms with Gasteiger partial charge in [0.15, 0.2) is 0 Å². The van der Waals surface area contributed by atoms with Crippen LogP contribution in [0.3, 0.4) is 0 Å². The molecule has 1 atom stereocenters. The van der Waals surface area contributed by atoms with E-state index in [9.17, 15) is 9.00 Å². The van der Waals surface area contributed by atoms with Crippen molar-refractivity contribution >= 4 is 22.8 Å². The Bertz CT molecular complexity index is 637. The molecule has 2 N–H and O–H groups in total. The van der Waals surface area contributed by atoms with E-state index in [1.54, 1.807) is 0 Å². The highest BCUT2D eigenvalue weighted by molar-refractivity contribution is 7.86. The Kier molecular flexibility index (Phi) is 9.29. The number of carbonyl (C=O) groups excluding carboxylic acids is 1. The third-order valence-electron chi connectivity index (χ3n) is 4.91. The van der Waals surface area contributed by atoms with Crippen LogP contribution in [0.4, 0.5) is 10.5 Å². The SMILES string of the molecule is CC(C)(C)OC(=O)NCCCc1cccc(NS(=O)CCC2CCCCC2)c1. The van der Waals surface area contributed by atoms with Crippen LogP contribution in [0.5, 0.6) is 0 Å². The summed E-state index contributed by atoms with van der Waals surface area (Å²) >= 11 is 0. The zero-order valence-electron chi connectivity index (χ0n) is 17.6. The predicted molar refractivity (Wildman–Crippen MR) is 117 cm³/mol. The Labute approximate surface area is 172 Å². The zero-order valence-corrected chi connectivity index (χ0v) is 18.4. The highest BCUT2D eigenvalue weighted by Gasteiger charge is 2.16. The molecule has 0 spiro atoms. The second kappa shape index (κ2) is 11.4. The fourth-order valence-corrected chi connectivity index (χ4v) is 4.56. The average molecular weight is 409 g/mol. The first-order chi connectivity index (χ1) is 13.3. The van der Waals surface area contributed by atoms with Gasteiger partial charge in [-0.3, -0.25) is 0 Å². The monoisotopic (exact) mass is 408 g/mol. The molecule has 1 aromatic rings. The van der Waals surface area contributed by atoms with Gasteiger partial charge in [-0.05, 0) is 63.6 Å². The van der Waals surface area contributed by atoms with Gasteiger partial charge in [0.2, 0.25) is 0 Å². The average Bonchev–Trinajstić information content (AvgIpc) is 2.63. The second-order valence-corrected chi connectivity index (χ2v) is 9.98. The molecule has 0 aromatic heterocycles. The third-order valence-corrected chi connectivity index (χ3v) is 5.98. The summed E-state index contributed by atoms with van der Waals surface area (Å²) in [4.78, 5) is 11.6. The van der Waals surface area contributed by atoms with Crippen LogP contribution in [-0.2, 0) is 22.1 Å². The van der Waals surface area contributed by atoms with Crippen molar-refractivity contribution in [1.29, 1.82) is 0 Å². The fraction of sp³-hybridized carbons (Fsp3) is 0.682. The first kappa shape index (κ1) is 22.7. The van der Waals surface area contributed by atoms with E-state index in [1.807, 2.05) is 39.0 Å². The first-order valence-electron chi connectivity index (χ1n) is 10.5. The molecule has 2 rings (SSSR count). The number of rotatable bonds is 9. The molecule has 1 unspecified atom stereocenters. The summed E-state index contributed by atoms with van der Waals surface area (Å²) in [5, 5.41) is 2.78. The molecule has 28 heavy (non-hydrogen) atoms. The Morgan fingerprint density at radius 3 is 2.68 bits per heavy atom. The molecule has 158 valence electrons. The Morgan fingerprint density at radius 2 is 1.96 bits per heavy atom. The molecule has 1 fully saturated rings. The van der Waals surface area contributed by atoms with Gasteiger partial charge in [-0.15, -0.1) is 0 Å². The number of alkyl carbamates (subject to hydrolysis) is 1. The lowest BCUT2D eigenvalue weighted by atomic mass is 9.88. The van der Waals surface area contributed by atoms with E-state index in [1.165, 1.54) is 37.7 Å². The number of ether oxygens (including phenoxy) is 1. The Balaban J connectivity index is 1.68. The highest BCUT2D eigenvalue weighted by atomic mass is 32.2. The molecule has 1 saturated carbocycles. The molecule has 0 saturated heterocycles. The van der Waals surface area contributed by atoms with E-state index in [-0.39, 0.29) is 6.09 Å². The van der Waals surface area contributed by atoms with Gasteiger partial charge in [0.05, 0.1) is 0 Å². The van der Waals surface area contributed by atoms with Gasteiger partial charge >= 0.3 is 6.09 Å². The lowest BCUT2D eigenvalue weighted by Crippen LogP contribution is -2.33. The van der Waals surface area contributed by atoms with Crippen LogP contribution in [0.2, 0.25) is 0 Å². The molecule has 1 aliphatic rings. The predicted octanol–water partition coefficient (Wildman–Crippen LogP) is 5.19. The highest BCUT2D eigenvalue weighted by Crippen LogP contribution is 2.26. The maximum atomic E-state index is 12.4. The van der Waals surface area contributed by atoms with Crippen molar-refractivity contribution in [1.82, 2.24) is 5.32 Å². The molecule has 1 aliphatic carbocycles. The van der Waals surface area contributed by atoms with Gasteiger partial charge in [0.25, 0.3) is 0 Å². The van der Waals surface area contributed by atoms with E-state index < -0.39 is 16.6 Å². The summed E-state index contributed by atoms with van der Waals surface area (Å²) in [5.41, 5.74) is 1.59. The van der Waals surface area contributed by atoms with Crippen LogP contribution < -0.4 is 10.0 Å². The maximum Gasteiger partial charge on any atom is 0.407 e. The van der Waals surface area contributed by atoms with Crippen molar-refractivity contribution in [2.45, 2.75) is 77.7 Å². The number of benzene rings is 1. The summed E-state index contributed by atoms with van der Waals surface area (Å²) in [6.07, 6.45) is 8.96. The quantitative estimate of drug-likeness (QED) is 0.553. The zero-order chi connectivity index (χ0) is 20.4. The lowest BCUT2D eigenvalue weighted by molar-refractivity contribution is 0.0527. The van der Waals surface area contributed by atoms with Gasteiger partial charge < -0.3 is 14.8 Å². The van der Waals surface area contributed by atoms with Crippen molar-refractivity contribution in [3.8, 4) is 0 Å². The van der Waals surface area contributed by atoms with Crippen molar-refractivity contribution in [2.24, 2.45) is 5.92 Å². The molecular weight excluding hydrogens is 372 g/mol. The number of carbonyl (C=O) groups is 1. The molecule has 0 radical (unpaired) electrons. The van der Waals surface area contributed by atoms with E-state index in [0.29, 0.717) is 12.3 Å². The molecule has 6 heteroatoms. The summed E-state index contributed by atoms with van der Waals surface area (Å²) < 4.78 is 20.7. The fourth-order valence-electron chi connectivity index (χ4n) is 3.52. The van der Waals surface area contributed by atoms with Gasteiger partial charge in [0, 0.05) is 18.0 Å². The first-order valence-corrected chi connectivity index (χ1v) is 11.8. The van der Waals surface area contributed by atoms with Crippen LogP contribution in [-0.4, -0.2) is 28.2 Å². The molecule has 0 bridgehead atoms. The minimum absolute atomic E-state index is 0.378. The van der Waals surface area contributed by atoms with Gasteiger partial charge in [-0.2, -0.15) is 0 Å². The molecule has 0 heterocycles. The summed E-state index contributed by atoms with van der Waals surface area (Å²) in [6.45, 7) is 6.12. The van der Waals surface area contributed by atoms with Crippen LogP contribution in [0.15, 0.2) is 24.3 Å². The standard InChI is InChI=1S/C22H36N2O3S/c1-22(2,3)27-21(25)23-15-8-12-19-11-7-13-20(17-19)24-28(26)16-14-18-9-5-4-6-10-18/h7,11,13,17-18,24H,4-6,8-10,12,14-16H2,1-3H3,(H,23,25). The number of nitrogens with one attached hydrogen (secondary N) is 2. The van der Waals surface area contributed by atoms with Gasteiger partial charge in [0.1, 0.15) is 16.6 Å². The number of hydrogen-bond donors (Lipinski definition) is 2. The van der Waals surface area contributed by atoms with E-state index in [2.05, 4.69) is 16.1 Å². The van der Waals surface area contributed by atoms with E-state index >= 15 is 0 Å². The van der Waals surface area contributed by atoms with E-state index in [4.69, 9.17) is 4.74 Å². The topological polar surface area (TPSA) is 67.4 Å². The number of amides is 1. The summed E-state index contributed by atoms with van der Waals surface area (Å²) in [7, 11) is -1.03. The van der Waals surface area contributed by atoms with Crippen LogP contribution >= 0.6 is 0 Å². The van der Waals surface area contributed by atoms with Crippen LogP contribution in [0, 0.1) is 5.92 Å². The lowest BCUT2D eigenvalue weighted by Gasteiger charge is -2.21. The van der Waals surface area contributed by atoms with Gasteiger partial charge in [-0.25, -0.2) is 9.00 Å². The van der Waals surface area contributed by atoms with Crippen molar-refractivity contribution < 1.29 is 13.7 Å². The molecule has 0 aliphatic heterocycles. The van der Waals surface area contributed by atoms with Gasteiger partial charge in [-0.1, -0.05) is 44.2 Å². The normalized spacial score (nSPS) is 16.4. The minimum Gasteiger partial charge on any atom is -0.444 e. The van der Waals surface area contributed by atoms with Crippen LogP contribution in [0.1, 0.15) is 71.3 Å². The second-order valence-electron chi connectivity index (χ2n) is 8.68. The largest absolute Gasteiger partial charge is 0.444 e. The Hall–Kier alpha value is -1.56. The van der Waals surface area contributed by atoms with Crippen molar-refractivity contribution in [3.63, 3.8) is 0 Å². The molecule has 5 nitrogen and oxygen atoms in total. The summed E-state index contributed by atoms with van der Waals surface area (Å²) in [6, 6.07) is 8.05. The molecule has 1 aromatic carbocycles. The van der Waals surface area contributed by atoms with E-state index in [0.717, 1.165) is 30.9 Å². The third kappa shape index (κ3) is 9.58. The molecule has 1 amide bonds. The van der Waals surface area contributed by atoms with Crippen LogP contribution in [0.25, 0.3) is 0 Å². The minimum atomic E-state index is -1.03. The number of anilines is 1. The maximum absolute atomic E-state index is 12.4.